The van der Waals surface area contributed by atoms with E-state index in [4.69, 9.17) is 69.6 Å². The van der Waals surface area contributed by atoms with Crippen LogP contribution in [0.1, 0.15) is 0 Å². The van der Waals surface area contributed by atoms with Crippen molar-refractivity contribution in [3.8, 4) is 0 Å². The third kappa shape index (κ3) is 3.61. The molecule has 0 bridgehead atoms. The molecule has 112 valence electrons. The predicted molar refractivity (Wildman–Crippen MR) is 101 cm³/mol. The average Bonchev–Trinajstić information content (AvgIpc) is 2.45. The Bertz CT molecular complexity index is 673. The van der Waals surface area contributed by atoms with Gasteiger partial charge in [-0.1, -0.05) is 69.6 Å². The maximum absolute atomic E-state index is 6.18. The van der Waals surface area contributed by atoms with Gasteiger partial charge < -0.3 is 5.32 Å². The van der Waals surface area contributed by atoms with Crippen LogP contribution >= 0.6 is 94.9 Å². The summed E-state index contributed by atoms with van der Waals surface area (Å²) in [7, 11) is 0. The second kappa shape index (κ2) is 7.06. The third-order valence-corrected chi connectivity index (χ3v) is 6.32. The number of rotatable bonds is 2. The van der Waals surface area contributed by atoms with Crippen molar-refractivity contribution in [3.63, 3.8) is 0 Å². The van der Waals surface area contributed by atoms with Crippen molar-refractivity contribution >= 4 is 106 Å². The Balaban J connectivity index is 2.54. The van der Waals surface area contributed by atoms with E-state index >= 15 is 0 Å². The number of hydrogen-bond donors (Lipinski definition) is 3. The van der Waals surface area contributed by atoms with E-state index in [0.29, 0.717) is 41.3 Å². The van der Waals surface area contributed by atoms with Crippen LogP contribution in [0.15, 0.2) is 21.9 Å². The molecule has 0 aromatic heterocycles. The minimum Gasteiger partial charge on any atom is -0.353 e. The van der Waals surface area contributed by atoms with E-state index in [1.807, 2.05) is 0 Å². The van der Waals surface area contributed by atoms with Crippen molar-refractivity contribution in [2.45, 2.75) is 9.79 Å². The van der Waals surface area contributed by atoms with E-state index in [-0.39, 0.29) is 10.0 Å². The minimum absolute atomic E-state index is 0.269. The van der Waals surface area contributed by atoms with Gasteiger partial charge in [-0.2, -0.15) is 0 Å². The van der Waals surface area contributed by atoms with Crippen LogP contribution in [0.25, 0.3) is 0 Å². The van der Waals surface area contributed by atoms with Gasteiger partial charge in [0.15, 0.2) is 0 Å². The molecule has 1 N–H and O–H groups in total. The van der Waals surface area contributed by atoms with E-state index in [2.05, 4.69) is 30.6 Å². The Morgan fingerprint density at radius 3 is 1.29 bits per heavy atom. The fraction of sp³-hybridized carbons (Fsp3) is 0. The maximum Gasteiger partial charge on any atom is 0.0790 e. The summed E-state index contributed by atoms with van der Waals surface area (Å²) in [5.41, 5.74) is 0.952. The molecule has 0 fully saturated rings. The molecule has 0 aliphatic carbocycles. The fourth-order valence-corrected chi connectivity index (χ4v) is 3.32. The molecule has 0 aliphatic rings. The van der Waals surface area contributed by atoms with Crippen molar-refractivity contribution in [1.82, 2.24) is 0 Å². The number of anilines is 2. The molecule has 0 atom stereocenters. The summed E-state index contributed by atoms with van der Waals surface area (Å²) in [6.07, 6.45) is 0. The van der Waals surface area contributed by atoms with E-state index in [0.717, 1.165) is 0 Å². The second-order valence-corrected chi connectivity index (χ2v) is 7.11. The number of halogens is 6. The molecule has 2 rings (SSSR count). The Labute approximate surface area is 162 Å². The molecule has 0 amide bonds. The van der Waals surface area contributed by atoms with Crippen LogP contribution in [0.4, 0.5) is 11.4 Å². The molecule has 0 spiro atoms. The first-order chi connectivity index (χ1) is 9.73. The van der Waals surface area contributed by atoms with Crippen LogP contribution < -0.4 is 5.32 Å². The van der Waals surface area contributed by atoms with E-state index in [9.17, 15) is 0 Å². The van der Waals surface area contributed by atoms with Crippen molar-refractivity contribution in [2.24, 2.45) is 0 Å². The lowest BCUT2D eigenvalue weighted by Crippen LogP contribution is -1.95. The molecular formula is C12H5Cl6NS2. The minimum atomic E-state index is 0.269. The molecule has 0 aliphatic heterocycles. The molecule has 0 unspecified atom stereocenters. The van der Waals surface area contributed by atoms with Crippen LogP contribution in [-0.4, -0.2) is 0 Å². The second-order valence-electron chi connectivity index (χ2n) is 3.89. The summed E-state index contributed by atoms with van der Waals surface area (Å²) in [5, 5.41) is 4.76. The van der Waals surface area contributed by atoms with Crippen LogP contribution in [0.2, 0.25) is 30.1 Å². The monoisotopic (exact) mass is 437 g/mol. The van der Waals surface area contributed by atoms with Crippen molar-refractivity contribution < 1.29 is 0 Å². The Morgan fingerprint density at radius 1 is 0.619 bits per heavy atom. The highest BCUT2D eigenvalue weighted by molar-refractivity contribution is 7.80. The smallest absolute Gasteiger partial charge is 0.0790 e. The molecule has 9 heteroatoms. The van der Waals surface area contributed by atoms with Crippen LogP contribution in [0, 0.1) is 0 Å². The fourth-order valence-electron chi connectivity index (χ4n) is 1.51. The molecule has 0 saturated heterocycles. The Kier molecular flexibility index (Phi) is 6.06. The molecule has 0 saturated carbocycles. The highest BCUT2D eigenvalue weighted by Gasteiger charge is 2.16. The zero-order chi connectivity index (χ0) is 15.9. The highest BCUT2D eigenvalue weighted by atomic mass is 35.5. The molecule has 2 aromatic rings. The van der Waals surface area contributed by atoms with E-state index < -0.39 is 0 Å². The third-order valence-electron chi connectivity index (χ3n) is 2.54. The molecule has 21 heavy (non-hydrogen) atoms. The Morgan fingerprint density at radius 2 is 0.952 bits per heavy atom. The topological polar surface area (TPSA) is 12.0 Å². The lowest BCUT2D eigenvalue weighted by atomic mass is 10.2. The van der Waals surface area contributed by atoms with Gasteiger partial charge in [-0.05, 0) is 12.1 Å². The van der Waals surface area contributed by atoms with Gasteiger partial charge in [0.2, 0.25) is 0 Å². The number of nitrogens with one attached hydrogen (secondary N) is 1. The molecule has 1 nitrogen and oxygen atoms in total. The number of hydrogen-bond acceptors (Lipinski definition) is 3. The van der Waals surface area contributed by atoms with Crippen molar-refractivity contribution in [1.29, 1.82) is 0 Å². The Hall–Kier alpha value is 0.680. The van der Waals surface area contributed by atoms with Crippen LogP contribution in [-0.2, 0) is 0 Å². The molecule has 0 heterocycles. The van der Waals surface area contributed by atoms with Gasteiger partial charge >= 0.3 is 0 Å². The molecule has 2 aromatic carbocycles. The van der Waals surface area contributed by atoms with Crippen molar-refractivity contribution in [2.75, 3.05) is 5.32 Å². The van der Waals surface area contributed by atoms with E-state index in [1.165, 1.54) is 0 Å². The van der Waals surface area contributed by atoms with Crippen molar-refractivity contribution in [3.05, 3.63) is 42.3 Å². The first kappa shape index (κ1) is 18.0. The summed E-state index contributed by atoms with van der Waals surface area (Å²) >= 11 is 44.7. The number of thiol groups is 2. The van der Waals surface area contributed by atoms with Crippen LogP contribution in [0.3, 0.4) is 0 Å². The normalized spacial score (nSPS) is 10.9. The summed E-state index contributed by atoms with van der Waals surface area (Å²) < 4.78 is 0. The lowest BCUT2D eigenvalue weighted by molar-refractivity contribution is 1.41. The maximum atomic E-state index is 6.18. The zero-order valence-corrected chi connectivity index (χ0v) is 16.1. The SMILES string of the molecule is Sc1c(Cl)c(Cl)cc(Nc2cc(Cl)c(Cl)c(S)c2Cl)c1Cl. The first-order valence-electron chi connectivity index (χ1n) is 5.24. The van der Waals surface area contributed by atoms with E-state index in [1.54, 1.807) is 12.1 Å². The zero-order valence-electron chi connectivity index (χ0n) is 9.82. The summed E-state index contributed by atoms with van der Waals surface area (Å²) in [4.78, 5) is 0.714. The van der Waals surface area contributed by atoms with Gasteiger partial charge in [0, 0.05) is 9.79 Å². The highest BCUT2D eigenvalue weighted by Crippen LogP contribution is 2.44. The van der Waals surface area contributed by atoms with Gasteiger partial charge in [0.05, 0.1) is 41.5 Å². The summed E-state index contributed by atoms with van der Waals surface area (Å²) in [6.45, 7) is 0. The number of benzene rings is 2. The molecule has 0 radical (unpaired) electrons. The first-order valence-corrected chi connectivity index (χ1v) is 8.40. The standard InChI is InChI=1S/C12H5Cl6NS2/c13-3-1-5(9(17)11(20)7(3)15)19-6-2-4(14)8(16)12(21)10(6)18/h1-2,19-21H. The average molecular weight is 440 g/mol. The lowest BCUT2D eigenvalue weighted by Gasteiger charge is -2.15. The van der Waals surface area contributed by atoms with Gasteiger partial charge in [0.25, 0.3) is 0 Å². The van der Waals surface area contributed by atoms with Crippen LogP contribution in [0.5, 0.6) is 0 Å². The molecular weight excluding hydrogens is 435 g/mol. The summed E-state index contributed by atoms with van der Waals surface area (Å²) in [6, 6.07) is 3.12. The van der Waals surface area contributed by atoms with Gasteiger partial charge in [-0.25, -0.2) is 0 Å². The van der Waals surface area contributed by atoms with Gasteiger partial charge in [-0.3, -0.25) is 0 Å². The quantitative estimate of drug-likeness (QED) is 0.318. The largest absolute Gasteiger partial charge is 0.353 e. The summed E-state index contributed by atoms with van der Waals surface area (Å²) in [5.74, 6) is 0. The van der Waals surface area contributed by atoms with Gasteiger partial charge in [-0.15, -0.1) is 25.3 Å². The van der Waals surface area contributed by atoms with Gasteiger partial charge in [0.1, 0.15) is 0 Å². The predicted octanol–water partition coefficient (Wildman–Crippen LogP) is 7.93.